The smallest absolute Gasteiger partial charge is 0.265 e. The standard InChI is InChI=1S/C24H24N2O4S/c1-25(16-19-10-4-2-5-11-19)24(27)23-17-26(21-14-8-9-15-22(21)30-23)31(28,29)18-20-12-6-3-7-13-20/h2-15,23H,16-18H2,1H3/t23-/m0/s1. The van der Waals surface area contributed by atoms with Crippen LogP contribution in [0.4, 0.5) is 5.69 Å². The summed E-state index contributed by atoms with van der Waals surface area (Å²) in [5, 5.41) is 0. The first kappa shape index (κ1) is 20.9. The second kappa shape index (κ2) is 8.81. The van der Waals surface area contributed by atoms with Gasteiger partial charge in [-0.2, -0.15) is 0 Å². The summed E-state index contributed by atoms with van der Waals surface area (Å²) in [5.41, 5.74) is 2.13. The van der Waals surface area contributed by atoms with E-state index in [1.165, 1.54) is 4.31 Å². The van der Waals surface area contributed by atoms with E-state index in [1.54, 1.807) is 48.3 Å². The second-order valence-corrected chi connectivity index (χ2v) is 9.42. The molecule has 4 rings (SSSR count). The van der Waals surface area contributed by atoms with Crippen LogP contribution in [0.3, 0.4) is 0 Å². The molecular weight excluding hydrogens is 412 g/mol. The van der Waals surface area contributed by atoms with Crippen LogP contribution in [0.2, 0.25) is 0 Å². The Bertz CT molecular complexity index is 1150. The lowest BCUT2D eigenvalue weighted by molar-refractivity contribution is -0.137. The van der Waals surface area contributed by atoms with Gasteiger partial charge in [-0.05, 0) is 23.3 Å². The zero-order chi connectivity index (χ0) is 21.8. The molecule has 0 aromatic heterocycles. The lowest BCUT2D eigenvalue weighted by Crippen LogP contribution is -2.51. The van der Waals surface area contributed by atoms with Crippen molar-refractivity contribution in [3.05, 3.63) is 96.1 Å². The van der Waals surface area contributed by atoms with E-state index in [9.17, 15) is 13.2 Å². The number of ether oxygens (including phenoxy) is 1. The molecule has 0 saturated carbocycles. The number of para-hydroxylation sites is 2. The molecule has 1 heterocycles. The second-order valence-electron chi connectivity index (χ2n) is 7.53. The molecule has 3 aromatic carbocycles. The SMILES string of the molecule is CN(Cc1ccccc1)C(=O)[C@@H]1CN(S(=O)(=O)Cc2ccccc2)c2ccccc2O1. The molecule has 0 radical (unpaired) electrons. The first-order valence-electron chi connectivity index (χ1n) is 10.0. The molecule has 0 unspecified atom stereocenters. The van der Waals surface area contributed by atoms with Crippen LogP contribution >= 0.6 is 0 Å². The fraction of sp³-hybridized carbons (Fsp3) is 0.208. The fourth-order valence-electron chi connectivity index (χ4n) is 3.64. The molecule has 0 fully saturated rings. The predicted molar refractivity (Wildman–Crippen MR) is 120 cm³/mol. The summed E-state index contributed by atoms with van der Waals surface area (Å²) in [6, 6.07) is 25.6. The number of carbonyl (C=O) groups excluding carboxylic acids is 1. The summed E-state index contributed by atoms with van der Waals surface area (Å²) in [5.74, 6) is -0.0294. The lowest BCUT2D eigenvalue weighted by Gasteiger charge is -2.36. The highest BCUT2D eigenvalue weighted by Crippen LogP contribution is 2.36. The number of hydrogen-bond acceptors (Lipinski definition) is 4. The number of hydrogen-bond donors (Lipinski definition) is 0. The van der Waals surface area contributed by atoms with E-state index in [-0.39, 0.29) is 18.2 Å². The maximum Gasteiger partial charge on any atom is 0.265 e. The van der Waals surface area contributed by atoms with Crippen LogP contribution in [0.5, 0.6) is 5.75 Å². The van der Waals surface area contributed by atoms with Crippen molar-refractivity contribution < 1.29 is 17.9 Å². The van der Waals surface area contributed by atoms with Gasteiger partial charge in [0.05, 0.1) is 18.0 Å². The van der Waals surface area contributed by atoms with Gasteiger partial charge in [0.1, 0.15) is 5.75 Å². The summed E-state index contributed by atoms with van der Waals surface area (Å²) in [7, 11) is -2.02. The van der Waals surface area contributed by atoms with Crippen molar-refractivity contribution in [3.63, 3.8) is 0 Å². The number of amides is 1. The molecule has 0 bridgehead atoms. The van der Waals surface area contributed by atoms with Crippen molar-refractivity contribution in [1.82, 2.24) is 4.90 Å². The first-order chi connectivity index (χ1) is 14.9. The molecule has 160 valence electrons. The molecule has 31 heavy (non-hydrogen) atoms. The van der Waals surface area contributed by atoms with Gasteiger partial charge in [0, 0.05) is 13.6 Å². The number of carbonyl (C=O) groups is 1. The Balaban J connectivity index is 1.59. The number of benzene rings is 3. The van der Waals surface area contributed by atoms with E-state index < -0.39 is 16.1 Å². The van der Waals surface area contributed by atoms with Gasteiger partial charge in [-0.1, -0.05) is 72.8 Å². The minimum absolute atomic E-state index is 0.0653. The molecule has 7 heteroatoms. The normalized spacial score (nSPS) is 15.6. The quantitative estimate of drug-likeness (QED) is 0.594. The topological polar surface area (TPSA) is 66.9 Å². The van der Waals surface area contributed by atoms with Gasteiger partial charge in [0.2, 0.25) is 10.0 Å². The van der Waals surface area contributed by atoms with Crippen molar-refractivity contribution in [3.8, 4) is 5.75 Å². The van der Waals surface area contributed by atoms with Crippen molar-refractivity contribution in [1.29, 1.82) is 0 Å². The Hall–Kier alpha value is -3.32. The Morgan fingerprint density at radius 3 is 2.19 bits per heavy atom. The minimum atomic E-state index is -3.72. The van der Waals surface area contributed by atoms with Crippen LogP contribution in [0.15, 0.2) is 84.9 Å². The van der Waals surface area contributed by atoms with Gasteiger partial charge in [-0.3, -0.25) is 9.10 Å². The Morgan fingerprint density at radius 2 is 1.52 bits per heavy atom. The van der Waals surface area contributed by atoms with E-state index in [1.807, 2.05) is 48.5 Å². The third-order valence-corrected chi connectivity index (χ3v) is 6.89. The van der Waals surface area contributed by atoms with Crippen LogP contribution in [0.25, 0.3) is 0 Å². The fourth-order valence-corrected chi connectivity index (χ4v) is 5.22. The minimum Gasteiger partial charge on any atom is -0.476 e. The molecule has 1 aliphatic heterocycles. The highest BCUT2D eigenvalue weighted by molar-refractivity contribution is 7.92. The van der Waals surface area contributed by atoms with Gasteiger partial charge >= 0.3 is 0 Å². The Kier molecular flexibility index (Phi) is 5.95. The van der Waals surface area contributed by atoms with Crippen LogP contribution in [0, 0.1) is 0 Å². The third-order valence-electron chi connectivity index (χ3n) is 5.18. The Labute approximate surface area is 182 Å². The predicted octanol–water partition coefficient (Wildman–Crippen LogP) is 3.44. The first-order valence-corrected chi connectivity index (χ1v) is 11.6. The van der Waals surface area contributed by atoms with Gasteiger partial charge < -0.3 is 9.64 Å². The van der Waals surface area contributed by atoms with E-state index in [0.717, 1.165) is 5.56 Å². The highest BCUT2D eigenvalue weighted by Gasteiger charge is 2.37. The van der Waals surface area contributed by atoms with Crippen molar-refractivity contribution >= 4 is 21.6 Å². The van der Waals surface area contributed by atoms with Crippen LogP contribution < -0.4 is 9.04 Å². The zero-order valence-corrected chi connectivity index (χ0v) is 18.0. The summed E-state index contributed by atoms with van der Waals surface area (Å²) < 4.78 is 33.8. The van der Waals surface area contributed by atoms with E-state index in [0.29, 0.717) is 23.5 Å². The third kappa shape index (κ3) is 4.72. The maximum absolute atomic E-state index is 13.3. The summed E-state index contributed by atoms with van der Waals surface area (Å²) in [6.07, 6.45) is -0.922. The summed E-state index contributed by atoms with van der Waals surface area (Å²) >= 11 is 0. The van der Waals surface area contributed by atoms with E-state index in [2.05, 4.69) is 0 Å². The molecule has 1 amide bonds. The monoisotopic (exact) mass is 436 g/mol. The number of likely N-dealkylation sites (N-methyl/N-ethyl adjacent to an activating group) is 1. The molecule has 0 N–H and O–H groups in total. The molecular formula is C24H24N2O4S. The number of rotatable bonds is 6. The van der Waals surface area contributed by atoms with Crippen LogP contribution in [0.1, 0.15) is 11.1 Å². The summed E-state index contributed by atoms with van der Waals surface area (Å²) in [6.45, 7) is 0.349. The maximum atomic E-state index is 13.3. The largest absolute Gasteiger partial charge is 0.476 e. The van der Waals surface area contributed by atoms with E-state index >= 15 is 0 Å². The van der Waals surface area contributed by atoms with Gasteiger partial charge in [-0.15, -0.1) is 0 Å². The molecule has 6 nitrogen and oxygen atoms in total. The number of fused-ring (bicyclic) bond motifs is 1. The number of sulfonamides is 1. The van der Waals surface area contributed by atoms with Gasteiger partial charge in [0.15, 0.2) is 6.10 Å². The van der Waals surface area contributed by atoms with Crippen molar-refractivity contribution in [2.24, 2.45) is 0 Å². The Morgan fingerprint density at radius 1 is 0.935 bits per heavy atom. The highest BCUT2D eigenvalue weighted by atomic mass is 32.2. The molecule has 0 aliphatic carbocycles. The average molecular weight is 437 g/mol. The van der Waals surface area contributed by atoms with Crippen LogP contribution in [-0.4, -0.2) is 38.9 Å². The van der Waals surface area contributed by atoms with Gasteiger partial charge in [-0.25, -0.2) is 8.42 Å². The molecule has 0 saturated heterocycles. The number of nitrogens with zero attached hydrogens (tertiary/aromatic N) is 2. The molecule has 1 aliphatic rings. The summed E-state index contributed by atoms with van der Waals surface area (Å²) in [4.78, 5) is 14.7. The van der Waals surface area contributed by atoms with E-state index in [4.69, 9.17) is 4.74 Å². The van der Waals surface area contributed by atoms with Crippen molar-refractivity contribution in [2.75, 3.05) is 17.9 Å². The molecule has 1 atom stereocenters. The lowest BCUT2D eigenvalue weighted by atomic mass is 10.2. The molecule has 3 aromatic rings. The molecule has 0 spiro atoms. The van der Waals surface area contributed by atoms with Gasteiger partial charge in [0.25, 0.3) is 5.91 Å². The van der Waals surface area contributed by atoms with Crippen LogP contribution in [-0.2, 0) is 27.1 Å². The number of anilines is 1. The van der Waals surface area contributed by atoms with Crippen molar-refractivity contribution in [2.45, 2.75) is 18.4 Å². The zero-order valence-electron chi connectivity index (χ0n) is 17.2. The average Bonchev–Trinajstić information content (AvgIpc) is 2.79.